The van der Waals surface area contributed by atoms with E-state index in [9.17, 15) is 8.78 Å². The van der Waals surface area contributed by atoms with Gasteiger partial charge in [0.1, 0.15) is 11.6 Å². The minimum absolute atomic E-state index is 0.0573. The van der Waals surface area contributed by atoms with Crippen LogP contribution in [0.2, 0.25) is 0 Å². The van der Waals surface area contributed by atoms with Gasteiger partial charge in [-0.3, -0.25) is 0 Å². The number of benzene rings is 1. The van der Waals surface area contributed by atoms with Crippen molar-refractivity contribution in [1.82, 2.24) is 0 Å². The van der Waals surface area contributed by atoms with Crippen molar-refractivity contribution in [3.05, 3.63) is 35.4 Å². The molecule has 0 atom stereocenters. The predicted molar refractivity (Wildman–Crippen MR) is 61.3 cm³/mol. The van der Waals surface area contributed by atoms with Crippen LogP contribution in [0.15, 0.2) is 22.6 Å². The molecule has 0 saturated heterocycles. The third-order valence-corrected chi connectivity index (χ3v) is 2.27. The Morgan fingerprint density at radius 2 is 1.73 bits per heavy atom. The summed E-state index contributed by atoms with van der Waals surface area (Å²) in [6.45, 7) is 5.94. The fourth-order valence-electron chi connectivity index (χ4n) is 0.871. The third kappa shape index (κ3) is 4.00. The Bertz CT molecular complexity index is 349. The molecule has 0 unspecified atom stereocenters. The molecule has 15 heavy (non-hydrogen) atoms. The maximum Gasteiger partial charge on any atom is 0.134 e. The SMILES string of the molecule is CC(C)(C)S/N=C/c1c(F)cccc1F. The molecule has 0 heterocycles. The number of hydrogen-bond donors (Lipinski definition) is 0. The molecule has 1 aromatic carbocycles. The topological polar surface area (TPSA) is 12.4 Å². The van der Waals surface area contributed by atoms with Crippen molar-refractivity contribution in [2.24, 2.45) is 4.40 Å². The summed E-state index contributed by atoms with van der Waals surface area (Å²) in [6, 6.07) is 3.76. The van der Waals surface area contributed by atoms with Crippen molar-refractivity contribution < 1.29 is 8.78 Å². The zero-order valence-corrected chi connectivity index (χ0v) is 9.74. The van der Waals surface area contributed by atoms with E-state index < -0.39 is 11.6 Å². The van der Waals surface area contributed by atoms with Crippen LogP contribution in [0.5, 0.6) is 0 Å². The smallest absolute Gasteiger partial charge is 0.134 e. The third-order valence-electron chi connectivity index (χ3n) is 1.51. The first-order valence-electron chi connectivity index (χ1n) is 4.56. The molecule has 0 aromatic heterocycles. The predicted octanol–water partition coefficient (Wildman–Crippen LogP) is 3.83. The monoisotopic (exact) mass is 229 g/mol. The highest BCUT2D eigenvalue weighted by Gasteiger charge is 2.10. The summed E-state index contributed by atoms with van der Waals surface area (Å²) in [6.07, 6.45) is 1.22. The molecule has 0 aliphatic rings. The highest BCUT2D eigenvalue weighted by molar-refractivity contribution is 7.99. The van der Waals surface area contributed by atoms with Crippen molar-refractivity contribution in [1.29, 1.82) is 0 Å². The van der Waals surface area contributed by atoms with Crippen molar-refractivity contribution in [2.75, 3.05) is 0 Å². The zero-order valence-electron chi connectivity index (χ0n) is 8.92. The van der Waals surface area contributed by atoms with Crippen LogP contribution in [0.3, 0.4) is 0 Å². The molecule has 0 aliphatic carbocycles. The number of nitrogens with zero attached hydrogens (tertiary/aromatic N) is 1. The molecular formula is C11H13F2NS. The van der Waals surface area contributed by atoms with Gasteiger partial charge in [0.05, 0.1) is 5.56 Å². The van der Waals surface area contributed by atoms with Gasteiger partial charge in [0.25, 0.3) is 0 Å². The van der Waals surface area contributed by atoms with Crippen molar-refractivity contribution in [2.45, 2.75) is 25.5 Å². The van der Waals surface area contributed by atoms with Crippen LogP contribution in [-0.4, -0.2) is 11.0 Å². The van der Waals surface area contributed by atoms with E-state index in [0.717, 1.165) is 0 Å². The van der Waals surface area contributed by atoms with Gasteiger partial charge in [0.15, 0.2) is 0 Å². The second-order valence-electron chi connectivity index (χ2n) is 4.07. The summed E-state index contributed by atoms with van der Waals surface area (Å²) in [5.74, 6) is -1.18. The summed E-state index contributed by atoms with van der Waals surface area (Å²) in [5.41, 5.74) is -0.0887. The molecule has 0 radical (unpaired) electrons. The average Bonchev–Trinajstić information content (AvgIpc) is 2.08. The molecule has 0 aliphatic heterocycles. The molecule has 82 valence electrons. The molecule has 0 fully saturated rings. The Labute approximate surface area is 92.7 Å². The number of halogens is 2. The van der Waals surface area contributed by atoms with E-state index in [1.807, 2.05) is 20.8 Å². The average molecular weight is 229 g/mol. The molecule has 1 aromatic rings. The highest BCUT2D eigenvalue weighted by Crippen LogP contribution is 2.24. The standard InChI is InChI=1S/C11H13F2NS/c1-11(2,3)15-14-7-8-9(12)5-4-6-10(8)13/h4-7H,1-3H3/b14-7+. The first-order chi connectivity index (χ1) is 6.90. The molecule has 1 nitrogen and oxygen atoms in total. The van der Waals surface area contributed by atoms with Crippen molar-refractivity contribution in [3.8, 4) is 0 Å². The lowest BCUT2D eigenvalue weighted by Gasteiger charge is -2.12. The lowest BCUT2D eigenvalue weighted by Crippen LogP contribution is -2.05. The van der Waals surface area contributed by atoms with Crippen LogP contribution in [0.1, 0.15) is 26.3 Å². The van der Waals surface area contributed by atoms with Gasteiger partial charge in [0.2, 0.25) is 0 Å². The van der Waals surface area contributed by atoms with Crippen LogP contribution in [-0.2, 0) is 0 Å². The number of rotatable bonds is 2. The van der Waals surface area contributed by atoms with Gasteiger partial charge in [0, 0.05) is 11.0 Å². The summed E-state index contributed by atoms with van der Waals surface area (Å²) in [4.78, 5) is 0. The van der Waals surface area contributed by atoms with Crippen molar-refractivity contribution >= 4 is 18.2 Å². The maximum absolute atomic E-state index is 13.1. The first-order valence-corrected chi connectivity index (χ1v) is 5.33. The molecule has 0 bridgehead atoms. The summed E-state index contributed by atoms with van der Waals surface area (Å²) in [7, 11) is 0. The highest BCUT2D eigenvalue weighted by atomic mass is 32.2. The largest absolute Gasteiger partial charge is 0.223 e. The van der Waals surface area contributed by atoms with Crippen LogP contribution in [0.25, 0.3) is 0 Å². The fourth-order valence-corrected chi connectivity index (χ4v) is 1.35. The summed E-state index contributed by atoms with van der Waals surface area (Å²) >= 11 is 1.28. The van der Waals surface area contributed by atoms with Gasteiger partial charge in [-0.25, -0.2) is 13.2 Å². The minimum atomic E-state index is -0.590. The molecule has 0 amide bonds. The maximum atomic E-state index is 13.1. The van der Waals surface area contributed by atoms with E-state index in [4.69, 9.17) is 0 Å². The van der Waals surface area contributed by atoms with Gasteiger partial charge in [-0.15, -0.1) is 0 Å². The second kappa shape index (κ2) is 4.75. The normalized spacial score (nSPS) is 12.3. The van der Waals surface area contributed by atoms with E-state index in [2.05, 4.69) is 4.40 Å². The summed E-state index contributed by atoms with van der Waals surface area (Å²) < 4.78 is 30.1. The molecule has 1 rings (SSSR count). The summed E-state index contributed by atoms with van der Waals surface area (Å²) in [5, 5.41) is 0. The van der Waals surface area contributed by atoms with E-state index in [1.54, 1.807) is 0 Å². The lowest BCUT2D eigenvalue weighted by atomic mass is 10.2. The van der Waals surface area contributed by atoms with Crippen molar-refractivity contribution in [3.63, 3.8) is 0 Å². The molecule has 0 saturated carbocycles. The Morgan fingerprint density at radius 3 is 2.20 bits per heavy atom. The van der Waals surface area contributed by atoms with Crippen LogP contribution < -0.4 is 0 Å². The van der Waals surface area contributed by atoms with E-state index in [-0.39, 0.29) is 10.3 Å². The van der Waals surface area contributed by atoms with E-state index >= 15 is 0 Å². The molecule has 0 spiro atoms. The van der Waals surface area contributed by atoms with Crippen LogP contribution in [0.4, 0.5) is 8.78 Å². The van der Waals surface area contributed by atoms with Gasteiger partial charge in [-0.05, 0) is 44.9 Å². The fraction of sp³-hybridized carbons (Fsp3) is 0.364. The molecule has 4 heteroatoms. The van der Waals surface area contributed by atoms with Gasteiger partial charge < -0.3 is 0 Å². The molecular weight excluding hydrogens is 216 g/mol. The lowest BCUT2D eigenvalue weighted by molar-refractivity contribution is 0.580. The van der Waals surface area contributed by atoms with E-state index in [1.165, 1.54) is 36.4 Å². The Morgan fingerprint density at radius 1 is 1.20 bits per heavy atom. The quantitative estimate of drug-likeness (QED) is 0.554. The van der Waals surface area contributed by atoms with Gasteiger partial charge in [-0.1, -0.05) is 6.07 Å². The van der Waals surface area contributed by atoms with Crippen LogP contribution in [0, 0.1) is 11.6 Å². The number of hydrogen-bond acceptors (Lipinski definition) is 2. The van der Waals surface area contributed by atoms with Gasteiger partial charge in [-0.2, -0.15) is 0 Å². The Balaban J connectivity index is 2.81. The minimum Gasteiger partial charge on any atom is -0.223 e. The van der Waals surface area contributed by atoms with E-state index in [0.29, 0.717) is 0 Å². The van der Waals surface area contributed by atoms with Crippen LogP contribution >= 0.6 is 11.9 Å². The molecule has 0 N–H and O–H groups in total. The first kappa shape index (κ1) is 12.2. The van der Waals surface area contributed by atoms with Gasteiger partial charge >= 0.3 is 0 Å². The Kier molecular flexibility index (Phi) is 3.85. The zero-order chi connectivity index (χ0) is 11.5. The Hall–Kier alpha value is -0.900. The second-order valence-corrected chi connectivity index (χ2v) is 5.69.